The van der Waals surface area contributed by atoms with Gasteiger partial charge in [-0.25, -0.2) is 19.9 Å². The van der Waals surface area contributed by atoms with Crippen LogP contribution in [0.25, 0.3) is 188 Å². The predicted octanol–water partition coefficient (Wildman–Crippen LogP) is 23.5. The molecule has 0 unspecified atom stereocenters. The van der Waals surface area contributed by atoms with Crippen LogP contribution in [0.15, 0.2) is 352 Å². The van der Waals surface area contributed by atoms with Crippen LogP contribution in [0.4, 0.5) is 0 Å². The largest absolute Gasteiger partial charge is 0.309 e. The molecule has 6 heterocycles. The monoisotopic (exact) mass is 1270 g/mol. The first-order chi connectivity index (χ1) is 49.6. The lowest BCUT2D eigenvalue weighted by Gasteiger charge is -2.12. The molecule has 100 heavy (non-hydrogen) atoms. The highest BCUT2D eigenvalue weighted by molar-refractivity contribution is 6.26. The maximum Gasteiger partial charge on any atom is 0.160 e. The Labute approximate surface area is 574 Å². The molecule has 0 spiro atoms. The molecule has 8 heteroatoms. The molecule has 0 fully saturated rings. The van der Waals surface area contributed by atoms with Crippen LogP contribution in [-0.4, -0.2) is 38.2 Å². The van der Waals surface area contributed by atoms with Crippen molar-refractivity contribution < 1.29 is 0 Å². The van der Waals surface area contributed by atoms with Crippen molar-refractivity contribution in [3.05, 3.63) is 352 Å². The maximum atomic E-state index is 5.13. The molecule has 0 aliphatic carbocycles. The minimum absolute atomic E-state index is 0.715. The second-order valence-corrected chi connectivity index (χ2v) is 25.7. The van der Waals surface area contributed by atoms with E-state index in [9.17, 15) is 0 Å². The smallest absolute Gasteiger partial charge is 0.160 e. The molecular formula is C92H58N8. The molecule has 21 aromatic rings. The number of nitrogens with zero attached hydrogens (tertiary/aromatic N) is 8. The third kappa shape index (κ3) is 9.15. The molecule has 0 saturated carbocycles. The van der Waals surface area contributed by atoms with Crippen LogP contribution in [0.2, 0.25) is 0 Å². The van der Waals surface area contributed by atoms with Gasteiger partial charge in [0.05, 0.1) is 66.6 Å². The topological polar surface area (TPSA) is 71.3 Å². The van der Waals surface area contributed by atoms with E-state index < -0.39 is 0 Å². The van der Waals surface area contributed by atoms with Gasteiger partial charge in [0.2, 0.25) is 0 Å². The average Bonchev–Trinajstić information content (AvgIpc) is 1.55. The molecule has 0 aliphatic rings. The lowest BCUT2D eigenvalue weighted by atomic mass is 10.0. The van der Waals surface area contributed by atoms with E-state index in [1.807, 2.05) is 36.4 Å². The second kappa shape index (κ2) is 23.1. The molecule has 0 radical (unpaired) electrons. The zero-order valence-electron chi connectivity index (χ0n) is 54.1. The third-order valence-corrected chi connectivity index (χ3v) is 20.0. The Bertz CT molecular complexity index is 6790. The SMILES string of the molecule is c1ccc(-c2nc(-c3ccc(-n4c5ccccc5c5cc6c7c8ccccc8ccc7n(-c7ccccc7)c6cc54)cc3)nc3ccccc23)cc1.c1ccc(-c2nc(-c3ccc(-n4c5ccccc5c5cc6c7ccccc7n(-c7ccccc7)c6cc54)cc3)nc3ccccc23)cc1. The fourth-order valence-corrected chi connectivity index (χ4v) is 15.5. The fourth-order valence-electron chi connectivity index (χ4n) is 15.5. The summed E-state index contributed by atoms with van der Waals surface area (Å²) in [6, 6.07) is 125. The highest BCUT2D eigenvalue weighted by Crippen LogP contribution is 2.44. The van der Waals surface area contributed by atoms with Crippen LogP contribution < -0.4 is 0 Å². The normalized spacial score (nSPS) is 11.8. The van der Waals surface area contributed by atoms with Crippen LogP contribution >= 0.6 is 0 Å². The van der Waals surface area contributed by atoms with Gasteiger partial charge < -0.3 is 18.3 Å². The van der Waals surface area contributed by atoms with E-state index in [2.05, 4.69) is 334 Å². The third-order valence-electron chi connectivity index (χ3n) is 20.0. The first-order valence-corrected chi connectivity index (χ1v) is 33.9. The van der Waals surface area contributed by atoms with E-state index in [0.29, 0.717) is 5.82 Å². The lowest BCUT2D eigenvalue weighted by Crippen LogP contribution is -1.97. The van der Waals surface area contributed by atoms with Gasteiger partial charge in [-0.05, 0) is 144 Å². The summed E-state index contributed by atoms with van der Waals surface area (Å²) in [6.07, 6.45) is 0. The summed E-state index contributed by atoms with van der Waals surface area (Å²) in [5, 5.41) is 14.6. The zero-order valence-corrected chi connectivity index (χ0v) is 54.1. The van der Waals surface area contributed by atoms with Gasteiger partial charge in [-0.15, -0.1) is 0 Å². The maximum absolute atomic E-state index is 5.13. The molecular weight excluding hydrogens is 1220 g/mol. The van der Waals surface area contributed by atoms with Crippen molar-refractivity contribution in [1.82, 2.24) is 38.2 Å². The van der Waals surface area contributed by atoms with Gasteiger partial charge in [-0.3, -0.25) is 0 Å². The summed E-state index contributed by atoms with van der Waals surface area (Å²) in [6.45, 7) is 0. The highest BCUT2D eigenvalue weighted by atomic mass is 15.0. The van der Waals surface area contributed by atoms with Crippen molar-refractivity contribution in [2.24, 2.45) is 0 Å². The summed E-state index contributed by atoms with van der Waals surface area (Å²) in [5.74, 6) is 1.43. The molecule has 466 valence electrons. The number of aromatic nitrogens is 8. The second-order valence-electron chi connectivity index (χ2n) is 25.7. The first-order valence-electron chi connectivity index (χ1n) is 33.9. The standard InChI is InChI=1S/C48H30N4.C44H28N4/c1-3-14-32(15-4-1)47-38-20-9-11-21-41(38)49-48(50-47)33-23-26-35(27-24-33)51-42-22-12-10-19-37(42)39-29-40-45(30-44(39)51)52(34-16-5-2-6-17-34)43-28-25-31-13-7-8-18-36(31)46(40)43;1-3-13-29(14-4-1)43-35-19-7-10-20-38(35)45-44(46-43)30-23-25-32(26-24-30)48-40-22-12-9-18-34(40)37-27-36-33-17-8-11-21-39(33)47(41(36)28-42(37)48)31-15-5-2-6-16-31/h1-30H;1-28H. The van der Waals surface area contributed by atoms with Gasteiger partial charge in [0.15, 0.2) is 11.6 Å². The summed E-state index contributed by atoms with van der Waals surface area (Å²) < 4.78 is 9.59. The van der Waals surface area contributed by atoms with E-state index in [0.717, 1.165) is 84.0 Å². The van der Waals surface area contributed by atoms with E-state index in [1.54, 1.807) is 0 Å². The molecule has 0 N–H and O–H groups in total. The van der Waals surface area contributed by atoms with Gasteiger partial charge in [-0.1, -0.05) is 218 Å². The summed E-state index contributed by atoms with van der Waals surface area (Å²) in [7, 11) is 0. The minimum atomic E-state index is 0.715. The Hall–Kier alpha value is -13.6. The predicted molar refractivity (Wildman–Crippen MR) is 416 cm³/mol. The molecule has 21 rings (SSSR count). The van der Waals surface area contributed by atoms with Crippen molar-refractivity contribution in [2.75, 3.05) is 0 Å². The molecule has 0 atom stereocenters. The van der Waals surface area contributed by atoms with E-state index in [4.69, 9.17) is 19.9 Å². The number of benzene rings is 15. The number of hydrogen-bond acceptors (Lipinski definition) is 4. The first kappa shape index (κ1) is 56.8. The van der Waals surface area contributed by atoms with Crippen LogP contribution in [0, 0.1) is 0 Å². The van der Waals surface area contributed by atoms with Crippen molar-refractivity contribution in [3.63, 3.8) is 0 Å². The van der Waals surface area contributed by atoms with Gasteiger partial charge >= 0.3 is 0 Å². The Balaban J connectivity index is 0.000000135. The lowest BCUT2D eigenvalue weighted by molar-refractivity contribution is 1.16. The Morgan fingerprint density at radius 2 is 0.510 bits per heavy atom. The zero-order chi connectivity index (χ0) is 65.8. The Kier molecular flexibility index (Phi) is 13.1. The number of para-hydroxylation sites is 7. The number of rotatable bonds is 8. The molecule has 0 aliphatic heterocycles. The van der Waals surface area contributed by atoms with Crippen LogP contribution in [0.1, 0.15) is 0 Å². The van der Waals surface area contributed by atoms with E-state index in [1.165, 1.54) is 98.0 Å². The summed E-state index contributed by atoms with van der Waals surface area (Å²) in [4.78, 5) is 20.2. The average molecular weight is 1280 g/mol. The van der Waals surface area contributed by atoms with Gasteiger partial charge in [0.1, 0.15) is 0 Å². The highest BCUT2D eigenvalue weighted by Gasteiger charge is 2.23. The molecule has 0 amide bonds. The molecule has 15 aromatic carbocycles. The van der Waals surface area contributed by atoms with Crippen molar-refractivity contribution in [2.45, 2.75) is 0 Å². The summed E-state index contributed by atoms with van der Waals surface area (Å²) >= 11 is 0. The van der Waals surface area contributed by atoms with E-state index in [-0.39, 0.29) is 0 Å². The Morgan fingerprint density at radius 1 is 0.180 bits per heavy atom. The van der Waals surface area contributed by atoms with Gasteiger partial charge in [0.25, 0.3) is 0 Å². The van der Waals surface area contributed by atoms with Crippen LogP contribution in [0.3, 0.4) is 0 Å². The van der Waals surface area contributed by atoms with E-state index >= 15 is 0 Å². The fraction of sp³-hybridized carbons (Fsp3) is 0. The van der Waals surface area contributed by atoms with Gasteiger partial charge in [0, 0.05) is 98.9 Å². The number of hydrogen-bond donors (Lipinski definition) is 0. The van der Waals surface area contributed by atoms with Crippen LogP contribution in [-0.2, 0) is 0 Å². The summed E-state index contributed by atoms with van der Waals surface area (Å²) in [5.41, 5.74) is 21.8. The van der Waals surface area contributed by atoms with Crippen molar-refractivity contribution in [1.29, 1.82) is 0 Å². The number of fused-ring (bicyclic) bond motifs is 16. The minimum Gasteiger partial charge on any atom is -0.309 e. The quantitative estimate of drug-likeness (QED) is 0.152. The van der Waals surface area contributed by atoms with Crippen LogP contribution in [0.5, 0.6) is 0 Å². The van der Waals surface area contributed by atoms with Gasteiger partial charge in [-0.2, -0.15) is 0 Å². The Morgan fingerprint density at radius 3 is 0.950 bits per heavy atom. The molecule has 6 aromatic heterocycles. The molecule has 8 nitrogen and oxygen atoms in total. The van der Waals surface area contributed by atoms with Crippen molar-refractivity contribution in [3.8, 4) is 68.0 Å². The van der Waals surface area contributed by atoms with Crippen molar-refractivity contribution >= 4 is 120 Å². The molecule has 0 bridgehead atoms. The molecule has 0 saturated heterocycles.